The molecule has 1 amide bonds. The third-order valence-corrected chi connectivity index (χ3v) is 7.03. The van der Waals surface area contributed by atoms with Gasteiger partial charge in [-0.15, -0.1) is 0 Å². The van der Waals surface area contributed by atoms with E-state index in [0.29, 0.717) is 32.1 Å². The van der Waals surface area contributed by atoms with Gasteiger partial charge in [0, 0.05) is 19.6 Å². The molecule has 0 aliphatic carbocycles. The molecule has 2 N–H and O–H groups in total. The first-order chi connectivity index (χ1) is 12.8. The number of nitrogens with one attached hydrogen (secondary N) is 2. The van der Waals surface area contributed by atoms with E-state index >= 15 is 0 Å². The molecule has 1 heterocycles. The van der Waals surface area contributed by atoms with E-state index in [1.54, 1.807) is 13.8 Å². The second-order valence-electron chi connectivity index (χ2n) is 8.83. The monoisotopic (exact) mass is 418 g/mol. The number of hydrogen-bond donors (Lipinski definition) is 2. The minimum Gasteiger partial charge on any atom is -0.444 e. The van der Waals surface area contributed by atoms with E-state index in [9.17, 15) is 13.2 Å². The lowest BCUT2D eigenvalue weighted by Crippen LogP contribution is -2.57. The van der Waals surface area contributed by atoms with Crippen LogP contribution in [-0.4, -0.2) is 73.7 Å². The summed E-state index contributed by atoms with van der Waals surface area (Å²) in [4.78, 5) is 18.8. The maximum Gasteiger partial charge on any atom is 0.407 e. The first-order valence-corrected chi connectivity index (χ1v) is 11.7. The van der Waals surface area contributed by atoms with Crippen molar-refractivity contribution < 1.29 is 17.9 Å². The predicted octanol–water partition coefficient (Wildman–Crippen LogP) is 2.15. The molecule has 1 fully saturated rings. The highest BCUT2D eigenvalue weighted by molar-refractivity contribution is 7.92. The molecule has 0 spiro atoms. The zero-order valence-corrected chi connectivity index (χ0v) is 19.3. The van der Waals surface area contributed by atoms with Crippen LogP contribution in [0.2, 0.25) is 0 Å². The van der Waals surface area contributed by atoms with Crippen molar-refractivity contribution in [3.63, 3.8) is 0 Å². The Hall–Kier alpha value is -1.51. The Kier molecular flexibility index (Phi) is 8.59. The van der Waals surface area contributed by atoms with Crippen LogP contribution in [-0.2, 0) is 14.6 Å². The lowest BCUT2D eigenvalue weighted by molar-refractivity contribution is 0.0503. The highest BCUT2D eigenvalue weighted by Crippen LogP contribution is 2.23. The predicted molar refractivity (Wildman–Crippen MR) is 113 cm³/mol. The van der Waals surface area contributed by atoms with Crippen LogP contribution in [0.3, 0.4) is 0 Å². The zero-order chi connectivity index (χ0) is 21.6. The Labute approximate surface area is 170 Å². The number of carbonyl (C=O) groups is 1. The third-order valence-electron chi connectivity index (χ3n) is 4.50. The Morgan fingerprint density at radius 3 is 2.43 bits per heavy atom. The number of nitrogens with zero attached hydrogens (tertiary/aromatic N) is 2. The third kappa shape index (κ3) is 7.48. The van der Waals surface area contributed by atoms with Crippen molar-refractivity contribution in [3.05, 3.63) is 0 Å². The molecule has 1 saturated heterocycles. The van der Waals surface area contributed by atoms with E-state index in [0.717, 1.165) is 12.8 Å². The summed E-state index contributed by atoms with van der Waals surface area (Å²) in [5.74, 6) is 0.788. The van der Waals surface area contributed by atoms with Gasteiger partial charge < -0.3 is 20.3 Å². The van der Waals surface area contributed by atoms with Crippen molar-refractivity contribution in [2.24, 2.45) is 4.99 Å². The summed E-state index contributed by atoms with van der Waals surface area (Å²) in [6.45, 7) is 14.9. The molecule has 0 aromatic carbocycles. The van der Waals surface area contributed by atoms with Crippen LogP contribution < -0.4 is 10.6 Å². The number of ether oxygens (including phenoxy) is 1. The van der Waals surface area contributed by atoms with Gasteiger partial charge in [0.2, 0.25) is 0 Å². The van der Waals surface area contributed by atoms with Crippen molar-refractivity contribution in [1.82, 2.24) is 15.5 Å². The highest BCUT2D eigenvalue weighted by Gasteiger charge is 2.41. The minimum atomic E-state index is -3.11. The summed E-state index contributed by atoms with van der Waals surface area (Å²) in [5.41, 5.74) is -0.552. The summed E-state index contributed by atoms with van der Waals surface area (Å²) in [5, 5.41) is 6.14. The summed E-state index contributed by atoms with van der Waals surface area (Å²) < 4.78 is 29.1. The Morgan fingerprint density at radius 2 is 1.93 bits per heavy atom. The van der Waals surface area contributed by atoms with Crippen LogP contribution in [0.5, 0.6) is 0 Å². The van der Waals surface area contributed by atoms with Gasteiger partial charge in [-0.1, -0.05) is 13.3 Å². The molecule has 164 valence electrons. The summed E-state index contributed by atoms with van der Waals surface area (Å²) in [7, 11) is -3.11. The molecular weight excluding hydrogens is 380 g/mol. The summed E-state index contributed by atoms with van der Waals surface area (Å²) in [6, 6.07) is -0.143. The van der Waals surface area contributed by atoms with Gasteiger partial charge in [-0.25, -0.2) is 13.2 Å². The van der Waals surface area contributed by atoms with Crippen molar-refractivity contribution in [2.75, 3.05) is 31.9 Å². The first kappa shape index (κ1) is 24.5. The van der Waals surface area contributed by atoms with Crippen molar-refractivity contribution in [2.45, 2.75) is 77.7 Å². The van der Waals surface area contributed by atoms with Crippen LogP contribution in [0.15, 0.2) is 4.99 Å². The summed E-state index contributed by atoms with van der Waals surface area (Å²) >= 11 is 0. The van der Waals surface area contributed by atoms with E-state index in [2.05, 4.69) is 22.5 Å². The van der Waals surface area contributed by atoms with Gasteiger partial charge in [0.15, 0.2) is 15.8 Å². The van der Waals surface area contributed by atoms with Gasteiger partial charge in [0.1, 0.15) is 5.60 Å². The lowest BCUT2D eigenvalue weighted by Gasteiger charge is -2.39. The molecule has 0 radical (unpaired) electrons. The smallest absolute Gasteiger partial charge is 0.407 e. The van der Waals surface area contributed by atoms with Gasteiger partial charge in [0.25, 0.3) is 0 Å². The topological polar surface area (TPSA) is 100 Å². The quantitative estimate of drug-likeness (QED) is 0.506. The van der Waals surface area contributed by atoms with E-state index in [1.807, 2.05) is 32.6 Å². The second-order valence-corrected chi connectivity index (χ2v) is 11.6. The average molecular weight is 419 g/mol. The van der Waals surface area contributed by atoms with E-state index in [1.165, 1.54) is 0 Å². The fourth-order valence-corrected chi connectivity index (χ4v) is 4.34. The molecule has 1 rings (SSSR count). The first-order valence-electron chi connectivity index (χ1n) is 10.1. The molecule has 9 heteroatoms. The van der Waals surface area contributed by atoms with Gasteiger partial charge in [0.05, 0.1) is 23.1 Å². The lowest BCUT2D eigenvalue weighted by atomic mass is 10.1. The molecule has 0 aromatic rings. The van der Waals surface area contributed by atoms with Crippen LogP contribution in [0.4, 0.5) is 4.79 Å². The maximum absolute atomic E-state index is 12.3. The number of carbonyl (C=O) groups excluding carboxylic acids is 1. The minimum absolute atomic E-state index is 0.110. The summed E-state index contributed by atoms with van der Waals surface area (Å²) in [6.07, 6.45) is 1.24. The van der Waals surface area contributed by atoms with Crippen LogP contribution in [0.1, 0.15) is 61.3 Å². The maximum atomic E-state index is 12.3. The van der Waals surface area contributed by atoms with Crippen molar-refractivity contribution in [1.29, 1.82) is 0 Å². The van der Waals surface area contributed by atoms with Crippen molar-refractivity contribution >= 4 is 21.9 Å². The Morgan fingerprint density at radius 1 is 1.29 bits per heavy atom. The number of hydrogen-bond acceptors (Lipinski definition) is 5. The molecule has 1 aliphatic rings. The molecule has 8 nitrogen and oxygen atoms in total. The Bertz CT molecular complexity index is 653. The Balaban J connectivity index is 2.86. The number of aliphatic imine (C=N–C) groups is 1. The van der Waals surface area contributed by atoms with Gasteiger partial charge >= 0.3 is 6.09 Å². The fraction of sp³-hybridized carbons (Fsp3) is 0.895. The molecule has 0 bridgehead atoms. The molecule has 0 aromatic heterocycles. The van der Waals surface area contributed by atoms with E-state index in [-0.39, 0.29) is 11.8 Å². The molecule has 1 aliphatic heterocycles. The molecule has 1 unspecified atom stereocenters. The van der Waals surface area contributed by atoms with Crippen LogP contribution in [0, 0.1) is 0 Å². The SMILES string of the molecule is CCCC(CN=C(NCC)N1CCS(=O)(=O)C(C)(C)C1)NC(=O)OC(C)(C)C. The fourth-order valence-electron chi connectivity index (χ4n) is 2.98. The molecule has 1 atom stereocenters. The average Bonchev–Trinajstić information content (AvgIpc) is 2.52. The molecule has 0 saturated carbocycles. The second kappa shape index (κ2) is 9.80. The van der Waals surface area contributed by atoms with Crippen LogP contribution >= 0.6 is 0 Å². The van der Waals surface area contributed by atoms with E-state index < -0.39 is 26.3 Å². The number of rotatable bonds is 6. The molecule has 28 heavy (non-hydrogen) atoms. The van der Waals surface area contributed by atoms with E-state index in [4.69, 9.17) is 4.74 Å². The number of alkyl carbamates (subject to hydrolysis) is 1. The van der Waals surface area contributed by atoms with Gasteiger partial charge in [-0.3, -0.25) is 4.99 Å². The van der Waals surface area contributed by atoms with Crippen LogP contribution in [0.25, 0.3) is 0 Å². The standard InChI is InChI=1S/C19H38N4O4S/c1-8-10-15(22-17(24)27-18(3,4)5)13-21-16(20-9-2)23-11-12-28(25,26)19(6,7)14-23/h15H,8-14H2,1-7H3,(H,20,21)(H,22,24). The highest BCUT2D eigenvalue weighted by atomic mass is 32.2. The van der Waals surface area contributed by atoms with Gasteiger partial charge in [-0.2, -0.15) is 0 Å². The zero-order valence-electron chi connectivity index (χ0n) is 18.5. The van der Waals surface area contributed by atoms with Crippen molar-refractivity contribution in [3.8, 4) is 0 Å². The number of amides is 1. The number of guanidine groups is 1. The molecular formula is C19H38N4O4S. The van der Waals surface area contributed by atoms with Gasteiger partial charge in [-0.05, 0) is 48.0 Å². The largest absolute Gasteiger partial charge is 0.444 e. The number of sulfone groups is 1. The normalized spacial score (nSPS) is 20.4.